The Hall–Kier alpha value is -0.570. The van der Waals surface area contributed by atoms with Crippen molar-refractivity contribution >= 4 is 5.97 Å². The third-order valence-electron chi connectivity index (χ3n) is 2.96. The Kier molecular flexibility index (Phi) is 2.96. The van der Waals surface area contributed by atoms with E-state index in [4.69, 9.17) is 10.5 Å². The van der Waals surface area contributed by atoms with Crippen LogP contribution in [0.25, 0.3) is 0 Å². The molecule has 1 saturated carbocycles. The van der Waals surface area contributed by atoms with Crippen molar-refractivity contribution in [3.63, 3.8) is 0 Å². The van der Waals surface area contributed by atoms with Crippen molar-refractivity contribution in [2.75, 3.05) is 7.11 Å². The van der Waals surface area contributed by atoms with Crippen molar-refractivity contribution in [1.82, 2.24) is 0 Å². The highest BCUT2D eigenvalue weighted by molar-refractivity contribution is 5.82. The van der Waals surface area contributed by atoms with E-state index >= 15 is 0 Å². The van der Waals surface area contributed by atoms with Gasteiger partial charge in [0, 0.05) is 0 Å². The van der Waals surface area contributed by atoms with Crippen LogP contribution in [-0.4, -0.2) is 18.6 Å². The quantitative estimate of drug-likeness (QED) is 0.674. The summed E-state index contributed by atoms with van der Waals surface area (Å²) in [6.07, 6.45) is 2.85. The summed E-state index contributed by atoms with van der Waals surface area (Å²) >= 11 is 0. The maximum Gasteiger partial charge on any atom is 0.326 e. The largest absolute Gasteiger partial charge is 0.468 e. The zero-order chi connectivity index (χ0) is 10.1. The molecule has 2 N–H and O–H groups in total. The van der Waals surface area contributed by atoms with Crippen molar-refractivity contribution in [1.29, 1.82) is 0 Å². The van der Waals surface area contributed by atoms with Gasteiger partial charge < -0.3 is 10.5 Å². The van der Waals surface area contributed by atoms with Gasteiger partial charge in [-0.05, 0) is 31.1 Å². The second-order valence-electron chi connectivity index (χ2n) is 4.40. The van der Waals surface area contributed by atoms with Gasteiger partial charge >= 0.3 is 5.97 Å². The van der Waals surface area contributed by atoms with E-state index < -0.39 is 5.54 Å². The van der Waals surface area contributed by atoms with E-state index in [0.717, 1.165) is 19.3 Å². The van der Waals surface area contributed by atoms with Gasteiger partial charge in [0.25, 0.3) is 0 Å². The molecule has 0 amide bonds. The summed E-state index contributed by atoms with van der Waals surface area (Å²) < 4.78 is 4.71. The van der Waals surface area contributed by atoms with Gasteiger partial charge in [0.05, 0.1) is 7.11 Å². The molecule has 1 aliphatic carbocycles. The Bertz CT molecular complexity index is 203. The molecule has 1 aliphatic rings. The van der Waals surface area contributed by atoms with Gasteiger partial charge in [0.15, 0.2) is 0 Å². The standard InChI is InChI=1S/C10H19NO2/c1-7(2)6-8-4-5-10(8,11)9(12)13-3/h7-8H,4-6,11H2,1-3H3/t8-,10-/m1/s1. The van der Waals surface area contributed by atoms with Crippen LogP contribution in [0.15, 0.2) is 0 Å². The smallest absolute Gasteiger partial charge is 0.326 e. The van der Waals surface area contributed by atoms with E-state index in [0.29, 0.717) is 11.8 Å². The third kappa shape index (κ3) is 1.85. The van der Waals surface area contributed by atoms with Crippen molar-refractivity contribution in [3.05, 3.63) is 0 Å². The molecule has 2 atom stereocenters. The first kappa shape index (κ1) is 10.5. The molecule has 3 nitrogen and oxygen atoms in total. The highest BCUT2D eigenvalue weighted by Gasteiger charge is 2.50. The van der Waals surface area contributed by atoms with Gasteiger partial charge in [-0.1, -0.05) is 13.8 Å². The molecule has 0 aromatic heterocycles. The van der Waals surface area contributed by atoms with Crippen molar-refractivity contribution in [3.8, 4) is 0 Å². The molecule has 76 valence electrons. The number of nitrogens with two attached hydrogens (primary N) is 1. The highest BCUT2D eigenvalue weighted by atomic mass is 16.5. The molecular formula is C10H19NO2. The van der Waals surface area contributed by atoms with Gasteiger partial charge in [0.2, 0.25) is 0 Å². The fraction of sp³-hybridized carbons (Fsp3) is 0.900. The van der Waals surface area contributed by atoms with Crippen LogP contribution in [-0.2, 0) is 9.53 Å². The van der Waals surface area contributed by atoms with Gasteiger partial charge in [-0.25, -0.2) is 0 Å². The number of carbonyl (C=O) groups is 1. The maximum absolute atomic E-state index is 11.4. The Morgan fingerprint density at radius 3 is 2.62 bits per heavy atom. The molecule has 0 bridgehead atoms. The van der Waals surface area contributed by atoms with Gasteiger partial charge in [-0.3, -0.25) is 4.79 Å². The second-order valence-corrected chi connectivity index (χ2v) is 4.40. The lowest BCUT2D eigenvalue weighted by Gasteiger charge is -2.44. The lowest BCUT2D eigenvalue weighted by atomic mass is 9.64. The minimum Gasteiger partial charge on any atom is -0.468 e. The van der Waals surface area contributed by atoms with Gasteiger partial charge in [-0.2, -0.15) is 0 Å². The highest BCUT2D eigenvalue weighted by Crippen LogP contribution is 2.41. The van der Waals surface area contributed by atoms with Crippen LogP contribution < -0.4 is 5.73 Å². The molecular weight excluding hydrogens is 166 g/mol. The first-order valence-corrected chi connectivity index (χ1v) is 4.88. The first-order chi connectivity index (χ1) is 6.00. The van der Waals surface area contributed by atoms with Gasteiger partial charge in [0.1, 0.15) is 5.54 Å². The zero-order valence-corrected chi connectivity index (χ0v) is 8.67. The summed E-state index contributed by atoms with van der Waals surface area (Å²) in [4.78, 5) is 11.4. The van der Waals surface area contributed by atoms with E-state index in [9.17, 15) is 4.79 Å². The van der Waals surface area contributed by atoms with Crippen LogP contribution in [0.3, 0.4) is 0 Å². The number of hydrogen-bond donors (Lipinski definition) is 1. The molecule has 0 heterocycles. The van der Waals surface area contributed by atoms with E-state index in [1.807, 2.05) is 0 Å². The Morgan fingerprint density at radius 2 is 2.31 bits per heavy atom. The number of esters is 1. The minimum absolute atomic E-state index is 0.246. The molecule has 1 rings (SSSR count). The Balaban J connectivity index is 2.55. The summed E-state index contributed by atoms with van der Waals surface area (Å²) in [5, 5.41) is 0. The summed E-state index contributed by atoms with van der Waals surface area (Å²) in [7, 11) is 1.40. The SMILES string of the molecule is COC(=O)[C@@]1(N)CC[C@@H]1CC(C)C. The number of rotatable bonds is 3. The average molecular weight is 185 g/mol. The zero-order valence-electron chi connectivity index (χ0n) is 8.67. The molecule has 0 aromatic carbocycles. The van der Waals surface area contributed by atoms with Crippen LogP contribution in [0.1, 0.15) is 33.1 Å². The monoisotopic (exact) mass is 185 g/mol. The topological polar surface area (TPSA) is 52.3 Å². The summed E-state index contributed by atoms with van der Waals surface area (Å²) in [5.74, 6) is 0.669. The van der Waals surface area contributed by atoms with E-state index in [2.05, 4.69) is 13.8 Å². The number of carbonyl (C=O) groups excluding carboxylic acids is 1. The maximum atomic E-state index is 11.4. The van der Waals surface area contributed by atoms with Crippen molar-refractivity contribution in [2.24, 2.45) is 17.6 Å². The fourth-order valence-corrected chi connectivity index (χ4v) is 2.02. The van der Waals surface area contributed by atoms with Crippen LogP contribution in [0.5, 0.6) is 0 Å². The van der Waals surface area contributed by atoms with Gasteiger partial charge in [-0.15, -0.1) is 0 Å². The molecule has 0 aromatic rings. The van der Waals surface area contributed by atoms with E-state index in [1.165, 1.54) is 7.11 Å². The number of methoxy groups -OCH3 is 1. The van der Waals surface area contributed by atoms with E-state index in [1.54, 1.807) is 0 Å². The lowest BCUT2D eigenvalue weighted by Crippen LogP contribution is -2.61. The number of ether oxygens (including phenoxy) is 1. The minimum atomic E-state index is -0.682. The summed E-state index contributed by atoms with van der Waals surface area (Å²) in [6, 6.07) is 0. The fourth-order valence-electron chi connectivity index (χ4n) is 2.02. The Morgan fingerprint density at radius 1 is 1.69 bits per heavy atom. The second kappa shape index (κ2) is 3.66. The molecule has 13 heavy (non-hydrogen) atoms. The predicted octanol–water partition coefficient (Wildman–Crippen LogP) is 1.31. The summed E-state index contributed by atoms with van der Waals surface area (Å²) in [5.41, 5.74) is 5.29. The molecule has 0 spiro atoms. The molecule has 1 fully saturated rings. The lowest BCUT2D eigenvalue weighted by molar-refractivity contribution is -0.154. The third-order valence-corrected chi connectivity index (χ3v) is 2.96. The normalized spacial score (nSPS) is 32.8. The molecule has 0 aliphatic heterocycles. The molecule has 0 unspecified atom stereocenters. The van der Waals surface area contributed by atoms with Crippen LogP contribution in [0, 0.1) is 11.8 Å². The molecule has 0 saturated heterocycles. The van der Waals surface area contributed by atoms with Crippen LogP contribution >= 0.6 is 0 Å². The number of hydrogen-bond acceptors (Lipinski definition) is 3. The van der Waals surface area contributed by atoms with E-state index in [-0.39, 0.29) is 5.97 Å². The van der Waals surface area contributed by atoms with Crippen LogP contribution in [0.2, 0.25) is 0 Å². The molecule has 0 radical (unpaired) electrons. The Labute approximate surface area is 79.6 Å². The first-order valence-electron chi connectivity index (χ1n) is 4.88. The summed E-state index contributed by atoms with van der Waals surface area (Å²) in [6.45, 7) is 4.30. The van der Waals surface area contributed by atoms with Crippen molar-refractivity contribution < 1.29 is 9.53 Å². The van der Waals surface area contributed by atoms with Crippen LogP contribution in [0.4, 0.5) is 0 Å². The molecule has 3 heteroatoms. The predicted molar refractivity (Wildman–Crippen MR) is 51.1 cm³/mol. The average Bonchev–Trinajstić information content (AvgIpc) is 2.09. The van der Waals surface area contributed by atoms with Crippen molar-refractivity contribution in [2.45, 2.75) is 38.6 Å².